The number of halogens is 1. The Hall–Kier alpha value is -2.54. The average molecular weight is 370 g/mol. The minimum Gasteiger partial charge on any atom is -0.481 e. The molecule has 0 aliphatic carbocycles. The van der Waals surface area contributed by atoms with Crippen molar-refractivity contribution >= 4 is 5.91 Å². The molecule has 0 atom stereocenters. The number of fused-ring (bicyclic) bond motifs is 1. The second kappa shape index (κ2) is 8.00. The fourth-order valence-corrected chi connectivity index (χ4v) is 3.63. The van der Waals surface area contributed by atoms with E-state index in [2.05, 4.69) is 10.3 Å². The Morgan fingerprint density at radius 1 is 1.30 bits per heavy atom. The molecule has 2 aliphatic rings. The highest BCUT2D eigenvalue weighted by molar-refractivity contribution is 5.77. The van der Waals surface area contributed by atoms with Crippen molar-refractivity contribution in [1.82, 2.24) is 20.2 Å². The second-order valence-corrected chi connectivity index (χ2v) is 7.00. The highest BCUT2D eigenvalue weighted by atomic mass is 19.1. The Balaban J connectivity index is 1.31. The maximum atomic E-state index is 13.6. The molecule has 1 amide bonds. The first-order valence-electron chi connectivity index (χ1n) is 9.41. The highest BCUT2D eigenvalue weighted by Crippen LogP contribution is 2.26. The third-order valence-corrected chi connectivity index (χ3v) is 5.23. The average Bonchev–Trinajstić information content (AvgIpc) is 2.73. The van der Waals surface area contributed by atoms with E-state index in [0.29, 0.717) is 13.1 Å². The van der Waals surface area contributed by atoms with Crippen LogP contribution in [0, 0.1) is 5.82 Å². The lowest BCUT2D eigenvalue weighted by molar-refractivity contribution is -0.134. The summed E-state index contributed by atoms with van der Waals surface area (Å²) in [5.74, 6) is 0.711. The molecular weight excluding hydrogens is 347 g/mol. The molecule has 1 saturated heterocycles. The fourth-order valence-electron chi connectivity index (χ4n) is 3.63. The summed E-state index contributed by atoms with van der Waals surface area (Å²) in [7, 11) is 0. The number of rotatable bonds is 4. The molecule has 2 aliphatic heterocycles. The molecule has 0 radical (unpaired) electrons. The number of hydrogen-bond acceptors (Lipinski definition) is 5. The molecule has 3 heterocycles. The Bertz CT molecular complexity index is 821. The topological polar surface area (TPSA) is 67.3 Å². The van der Waals surface area contributed by atoms with Crippen molar-refractivity contribution in [2.75, 3.05) is 26.2 Å². The maximum Gasteiger partial charge on any atom is 0.260 e. The van der Waals surface area contributed by atoms with Crippen LogP contribution in [0.4, 0.5) is 4.39 Å². The largest absolute Gasteiger partial charge is 0.481 e. The molecule has 2 aromatic rings. The molecule has 0 bridgehead atoms. The Kier molecular flexibility index (Phi) is 5.29. The van der Waals surface area contributed by atoms with Crippen molar-refractivity contribution in [2.24, 2.45) is 0 Å². The second-order valence-electron chi connectivity index (χ2n) is 7.00. The number of nitrogens with one attached hydrogen (secondary N) is 1. The number of piperidine rings is 1. The van der Waals surface area contributed by atoms with Crippen LogP contribution in [-0.4, -0.2) is 47.0 Å². The normalized spacial score (nSPS) is 17.4. The SMILES string of the molecule is O=C(COc1ccccc1F)N1CCC(c2ncc3c(n2)CCNC3)CC1. The van der Waals surface area contributed by atoms with Crippen molar-refractivity contribution < 1.29 is 13.9 Å². The van der Waals surface area contributed by atoms with Crippen LogP contribution in [0.5, 0.6) is 5.75 Å². The van der Waals surface area contributed by atoms with Crippen molar-refractivity contribution in [1.29, 1.82) is 0 Å². The maximum absolute atomic E-state index is 13.6. The zero-order chi connectivity index (χ0) is 18.6. The summed E-state index contributed by atoms with van der Waals surface area (Å²) in [6, 6.07) is 6.12. The molecule has 1 aromatic heterocycles. The predicted molar refractivity (Wildman–Crippen MR) is 97.9 cm³/mol. The van der Waals surface area contributed by atoms with E-state index in [4.69, 9.17) is 9.72 Å². The summed E-state index contributed by atoms with van der Waals surface area (Å²) in [5.41, 5.74) is 2.33. The standard InChI is InChI=1S/C20H23FN4O2/c21-16-3-1-2-4-18(16)27-13-19(26)25-9-6-14(7-10-25)20-23-12-15-11-22-8-5-17(15)24-20/h1-4,12,14,22H,5-11,13H2. The number of ether oxygens (including phenoxy) is 1. The molecule has 0 saturated carbocycles. The van der Waals surface area contributed by atoms with E-state index >= 15 is 0 Å². The van der Waals surface area contributed by atoms with Gasteiger partial charge in [0.25, 0.3) is 5.91 Å². The third kappa shape index (κ3) is 4.08. The van der Waals surface area contributed by atoms with Gasteiger partial charge < -0.3 is 15.0 Å². The lowest BCUT2D eigenvalue weighted by atomic mass is 9.95. The predicted octanol–water partition coefficient (Wildman–Crippen LogP) is 2.05. The number of likely N-dealkylation sites (tertiary alicyclic amines) is 1. The van der Waals surface area contributed by atoms with Gasteiger partial charge in [0.15, 0.2) is 18.2 Å². The Morgan fingerprint density at radius 3 is 2.93 bits per heavy atom. The fraction of sp³-hybridized carbons (Fsp3) is 0.450. The van der Waals surface area contributed by atoms with Crippen LogP contribution in [0.3, 0.4) is 0 Å². The van der Waals surface area contributed by atoms with Crippen molar-refractivity contribution in [2.45, 2.75) is 31.7 Å². The number of amides is 1. The molecule has 4 rings (SSSR count). The van der Waals surface area contributed by atoms with E-state index in [1.165, 1.54) is 17.7 Å². The highest BCUT2D eigenvalue weighted by Gasteiger charge is 2.26. The number of aromatic nitrogens is 2. The molecular formula is C20H23FN4O2. The van der Waals surface area contributed by atoms with Gasteiger partial charge in [0.05, 0.1) is 0 Å². The third-order valence-electron chi connectivity index (χ3n) is 5.23. The van der Waals surface area contributed by atoms with Gasteiger partial charge >= 0.3 is 0 Å². The molecule has 0 unspecified atom stereocenters. The first-order valence-corrected chi connectivity index (χ1v) is 9.41. The van der Waals surface area contributed by atoms with Gasteiger partial charge in [-0.15, -0.1) is 0 Å². The van der Waals surface area contributed by atoms with Crippen LogP contribution in [0.1, 0.15) is 35.8 Å². The van der Waals surface area contributed by atoms with E-state index in [0.717, 1.165) is 43.9 Å². The quantitative estimate of drug-likeness (QED) is 0.892. The lowest BCUT2D eigenvalue weighted by Crippen LogP contribution is -2.40. The Morgan fingerprint density at radius 2 is 2.11 bits per heavy atom. The first-order chi connectivity index (χ1) is 13.2. The van der Waals surface area contributed by atoms with E-state index in [1.54, 1.807) is 17.0 Å². The van der Waals surface area contributed by atoms with Gasteiger partial charge in [-0.1, -0.05) is 12.1 Å². The number of para-hydroxylation sites is 1. The molecule has 1 fully saturated rings. The molecule has 1 aromatic carbocycles. The van der Waals surface area contributed by atoms with Crippen molar-refractivity contribution in [3.05, 3.63) is 53.4 Å². The minimum atomic E-state index is -0.455. The van der Waals surface area contributed by atoms with Crippen LogP contribution in [-0.2, 0) is 17.8 Å². The van der Waals surface area contributed by atoms with Gasteiger partial charge in [-0.2, -0.15) is 0 Å². The van der Waals surface area contributed by atoms with E-state index in [1.807, 2.05) is 6.20 Å². The van der Waals surface area contributed by atoms with Gasteiger partial charge in [0.1, 0.15) is 5.82 Å². The van der Waals surface area contributed by atoms with Crippen LogP contribution < -0.4 is 10.1 Å². The number of benzene rings is 1. The molecule has 1 N–H and O–H groups in total. The van der Waals surface area contributed by atoms with Crippen LogP contribution in [0.15, 0.2) is 30.5 Å². The zero-order valence-corrected chi connectivity index (χ0v) is 15.2. The monoisotopic (exact) mass is 370 g/mol. The van der Waals surface area contributed by atoms with E-state index < -0.39 is 5.82 Å². The molecule has 6 nitrogen and oxygen atoms in total. The first kappa shape index (κ1) is 17.9. The summed E-state index contributed by atoms with van der Waals surface area (Å²) in [5, 5.41) is 3.33. The van der Waals surface area contributed by atoms with Gasteiger partial charge in [-0.3, -0.25) is 4.79 Å². The van der Waals surface area contributed by atoms with E-state index in [9.17, 15) is 9.18 Å². The summed E-state index contributed by atoms with van der Waals surface area (Å²) >= 11 is 0. The van der Waals surface area contributed by atoms with Gasteiger partial charge in [-0.05, 0) is 25.0 Å². The number of hydrogen-bond donors (Lipinski definition) is 1. The number of nitrogens with zero attached hydrogens (tertiary/aromatic N) is 3. The summed E-state index contributed by atoms with van der Waals surface area (Å²) in [4.78, 5) is 23.5. The van der Waals surface area contributed by atoms with Crippen molar-refractivity contribution in [3.8, 4) is 5.75 Å². The Labute approximate surface area is 157 Å². The molecule has 142 valence electrons. The molecule has 7 heteroatoms. The van der Waals surface area contributed by atoms with Crippen LogP contribution >= 0.6 is 0 Å². The summed E-state index contributed by atoms with van der Waals surface area (Å²) in [6.07, 6.45) is 4.55. The number of carbonyl (C=O) groups is 1. The molecule has 0 spiro atoms. The molecule has 27 heavy (non-hydrogen) atoms. The van der Waals surface area contributed by atoms with Crippen LogP contribution in [0.25, 0.3) is 0 Å². The minimum absolute atomic E-state index is 0.109. The lowest BCUT2D eigenvalue weighted by Gasteiger charge is -2.31. The number of carbonyl (C=O) groups excluding carboxylic acids is 1. The van der Waals surface area contributed by atoms with Gasteiger partial charge in [0.2, 0.25) is 0 Å². The zero-order valence-electron chi connectivity index (χ0n) is 15.2. The summed E-state index contributed by atoms with van der Waals surface area (Å²) < 4.78 is 18.9. The van der Waals surface area contributed by atoms with Crippen molar-refractivity contribution in [3.63, 3.8) is 0 Å². The van der Waals surface area contributed by atoms with Gasteiger partial charge in [0, 0.05) is 56.0 Å². The van der Waals surface area contributed by atoms with Gasteiger partial charge in [-0.25, -0.2) is 14.4 Å². The smallest absolute Gasteiger partial charge is 0.260 e. The van der Waals surface area contributed by atoms with E-state index in [-0.39, 0.29) is 24.2 Å². The van der Waals surface area contributed by atoms with Crippen LogP contribution in [0.2, 0.25) is 0 Å². The summed E-state index contributed by atoms with van der Waals surface area (Å²) in [6.45, 7) is 2.94.